The van der Waals surface area contributed by atoms with Gasteiger partial charge in [0.2, 0.25) is 5.95 Å². The molecule has 0 radical (unpaired) electrons. The smallest absolute Gasteiger partial charge is 0.251 e. The van der Waals surface area contributed by atoms with E-state index in [4.69, 9.17) is 9.47 Å². The number of hydrogen-bond acceptors (Lipinski definition) is 12. The molecule has 0 amide bonds. The van der Waals surface area contributed by atoms with E-state index in [1.54, 1.807) is 14.2 Å². The van der Waals surface area contributed by atoms with Crippen molar-refractivity contribution in [3.8, 4) is 12.1 Å². The van der Waals surface area contributed by atoms with E-state index in [0.717, 1.165) is 25.8 Å². The van der Waals surface area contributed by atoms with Crippen LogP contribution in [0.4, 0.5) is 29.2 Å². The second kappa shape index (κ2) is 16.8. The number of methoxy groups -OCH3 is 2. The Hall–Kier alpha value is -3.81. The molecule has 0 fully saturated rings. The Balaban J connectivity index is 2.50. The molecule has 0 aliphatic rings. The molecule has 2 heterocycles. The molecule has 0 bridgehead atoms. The lowest BCUT2D eigenvalue weighted by Gasteiger charge is -2.18. The molecule has 0 aliphatic carbocycles. The summed E-state index contributed by atoms with van der Waals surface area (Å²) < 4.78 is 11.9. The van der Waals surface area contributed by atoms with Gasteiger partial charge in [-0.2, -0.15) is 25.5 Å². The van der Waals surface area contributed by atoms with Crippen LogP contribution in [0.2, 0.25) is 0 Å². The molecule has 2 rings (SSSR count). The van der Waals surface area contributed by atoms with Gasteiger partial charge < -0.3 is 25.4 Å². The largest absolute Gasteiger partial charge is 0.383 e. The topological polar surface area (TPSA) is 170 Å². The molecule has 0 aromatic carbocycles. The molecule has 38 heavy (non-hydrogen) atoms. The first-order valence-corrected chi connectivity index (χ1v) is 13.0. The maximum absolute atomic E-state index is 9.47. The van der Waals surface area contributed by atoms with E-state index in [1.807, 2.05) is 19.1 Å². The Morgan fingerprint density at radius 1 is 0.921 bits per heavy atom. The van der Waals surface area contributed by atoms with Crippen molar-refractivity contribution in [2.24, 2.45) is 16.1 Å². The lowest BCUT2D eigenvalue weighted by molar-refractivity contribution is 0.210. The van der Waals surface area contributed by atoms with Crippen LogP contribution in [0.3, 0.4) is 0 Å². The number of ether oxygens (including phenoxy) is 2. The molecule has 1 unspecified atom stereocenters. The van der Waals surface area contributed by atoms with Gasteiger partial charge in [-0.3, -0.25) is 4.57 Å². The Labute approximate surface area is 224 Å². The fourth-order valence-corrected chi connectivity index (χ4v) is 3.70. The van der Waals surface area contributed by atoms with Crippen LogP contribution in [0, 0.1) is 28.6 Å². The molecule has 0 saturated heterocycles. The predicted molar refractivity (Wildman–Crippen MR) is 146 cm³/mol. The second-order valence-corrected chi connectivity index (χ2v) is 8.51. The van der Waals surface area contributed by atoms with Gasteiger partial charge in [-0.05, 0) is 19.3 Å². The molecule has 0 spiro atoms. The average molecular weight is 526 g/mol. The van der Waals surface area contributed by atoms with Crippen molar-refractivity contribution in [3.05, 3.63) is 11.4 Å². The maximum atomic E-state index is 9.47. The summed E-state index contributed by atoms with van der Waals surface area (Å²) in [6.45, 7) is 9.28. The van der Waals surface area contributed by atoms with Crippen molar-refractivity contribution in [2.45, 2.75) is 53.0 Å². The highest BCUT2D eigenvalue weighted by Gasteiger charge is 2.19. The van der Waals surface area contributed by atoms with E-state index in [1.165, 1.54) is 11.0 Å². The van der Waals surface area contributed by atoms with Gasteiger partial charge in [0.25, 0.3) is 5.95 Å². The van der Waals surface area contributed by atoms with Gasteiger partial charge in [0, 0.05) is 40.4 Å². The number of nitriles is 2. The molecular formula is C25H39N11O2. The van der Waals surface area contributed by atoms with Gasteiger partial charge >= 0.3 is 0 Å². The van der Waals surface area contributed by atoms with E-state index < -0.39 is 0 Å². The minimum Gasteiger partial charge on any atom is -0.383 e. The third-order valence-electron chi connectivity index (χ3n) is 5.89. The van der Waals surface area contributed by atoms with Crippen LogP contribution in [0.15, 0.2) is 10.2 Å². The Morgan fingerprint density at radius 3 is 2.08 bits per heavy atom. The Morgan fingerprint density at radius 2 is 1.58 bits per heavy atom. The number of azo groups is 1. The van der Waals surface area contributed by atoms with Crippen LogP contribution < -0.4 is 16.0 Å². The van der Waals surface area contributed by atoms with Crippen LogP contribution in [0.25, 0.3) is 0 Å². The van der Waals surface area contributed by atoms with Gasteiger partial charge in [-0.15, -0.1) is 10.2 Å². The average Bonchev–Trinajstić information content (AvgIpc) is 3.29. The number of unbranched alkanes of at least 4 members (excludes halogenated alkanes) is 1. The number of nitrogens with zero attached hydrogens (tertiary/aromatic N) is 8. The van der Waals surface area contributed by atoms with Crippen LogP contribution in [0.5, 0.6) is 0 Å². The number of anilines is 3. The Kier molecular flexibility index (Phi) is 13.5. The molecule has 3 N–H and O–H groups in total. The van der Waals surface area contributed by atoms with Gasteiger partial charge in [-0.1, -0.05) is 33.1 Å². The number of nitrogens with one attached hydrogen (secondary N) is 3. The number of aromatic nitrogens is 4. The fraction of sp³-hybridized carbons (Fsp3) is 0.640. The lowest BCUT2D eigenvalue weighted by atomic mass is 9.99. The summed E-state index contributed by atoms with van der Waals surface area (Å²) in [4.78, 5) is 13.5. The zero-order chi connectivity index (χ0) is 27.8. The summed E-state index contributed by atoms with van der Waals surface area (Å²) >= 11 is 0. The molecular weight excluding hydrogens is 486 g/mol. The van der Waals surface area contributed by atoms with Crippen LogP contribution >= 0.6 is 0 Å². The van der Waals surface area contributed by atoms with Crippen molar-refractivity contribution in [1.82, 2.24) is 19.5 Å². The first-order valence-electron chi connectivity index (χ1n) is 13.0. The Bertz CT molecular complexity index is 1090. The monoisotopic (exact) mass is 525 g/mol. The zero-order valence-electron chi connectivity index (χ0n) is 23.0. The van der Waals surface area contributed by atoms with Gasteiger partial charge in [0.1, 0.15) is 12.1 Å². The van der Waals surface area contributed by atoms with Crippen LogP contribution in [0.1, 0.15) is 57.8 Å². The van der Waals surface area contributed by atoms with Gasteiger partial charge in [0.15, 0.2) is 28.7 Å². The summed E-state index contributed by atoms with van der Waals surface area (Å²) in [5.41, 5.74) is 0.512. The van der Waals surface area contributed by atoms with E-state index in [0.29, 0.717) is 62.0 Å². The third-order valence-corrected chi connectivity index (χ3v) is 5.89. The lowest BCUT2D eigenvalue weighted by Crippen LogP contribution is -2.18. The minimum atomic E-state index is 0.00420. The van der Waals surface area contributed by atoms with Gasteiger partial charge in [0.05, 0.1) is 13.2 Å². The van der Waals surface area contributed by atoms with Crippen LogP contribution in [-0.2, 0) is 16.0 Å². The van der Waals surface area contributed by atoms with Crippen LogP contribution in [-0.4, -0.2) is 66.6 Å². The van der Waals surface area contributed by atoms with Crippen molar-refractivity contribution in [1.29, 1.82) is 10.5 Å². The van der Waals surface area contributed by atoms with E-state index in [2.05, 4.69) is 55.0 Å². The van der Waals surface area contributed by atoms with Crippen molar-refractivity contribution >= 4 is 29.2 Å². The summed E-state index contributed by atoms with van der Waals surface area (Å²) in [7, 11) is 3.25. The summed E-state index contributed by atoms with van der Waals surface area (Å²) in [5, 5.41) is 37.4. The standard InChI is InChI=1S/C25H39N11O2/c1-6-9-10-18(7-2)17-30-24-32-22(28-11-13-37-4)21(23(33-24)29-12-14-38-5)34-35-25-31-19(15-26)20(16-27)36(25)8-3/h18H,6-14,17H2,1-5H3,(H3,28,29,30,32,33). The normalized spacial score (nSPS) is 11.8. The molecule has 13 heteroatoms. The highest BCUT2D eigenvalue weighted by atomic mass is 16.5. The molecule has 206 valence electrons. The molecule has 1 atom stereocenters. The van der Waals surface area contributed by atoms with Crippen molar-refractivity contribution < 1.29 is 9.47 Å². The summed E-state index contributed by atoms with van der Waals surface area (Å²) in [5.74, 6) is 2.05. The molecule has 2 aromatic rings. The highest BCUT2D eigenvalue weighted by Crippen LogP contribution is 2.34. The zero-order valence-corrected chi connectivity index (χ0v) is 23.0. The molecule has 2 aromatic heterocycles. The molecule has 0 aliphatic heterocycles. The highest BCUT2D eigenvalue weighted by molar-refractivity contribution is 5.75. The minimum absolute atomic E-state index is 0.00420. The fourth-order valence-electron chi connectivity index (χ4n) is 3.70. The van der Waals surface area contributed by atoms with E-state index >= 15 is 0 Å². The first kappa shape index (κ1) is 30.4. The molecule has 13 nitrogen and oxygen atoms in total. The summed E-state index contributed by atoms with van der Waals surface area (Å²) in [6.07, 6.45) is 4.55. The van der Waals surface area contributed by atoms with Gasteiger partial charge in [-0.25, -0.2) is 0 Å². The molecule has 0 saturated carbocycles. The number of rotatable bonds is 18. The van der Waals surface area contributed by atoms with E-state index in [-0.39, 0.29) is 17.3 Å². The van der Waals surface area contributed by atoms with Crippen molar-refractivity contribution in [3.63, 3.8) is 0 Å². The summed E-state index contributed by atoms with van der Waals surface area (Å²) in [6, 6.07) is 3.95. The van der Waals surface area contributed by atoms with Crippen molar-refractivity contribution in [2.75, 3.05) is 63.0 Å². The second-order valence-electron chi connectivity index (χ2n) is 8.51. The number of imidazole rings is 1. The predicted octanol–water partition coefficient (Wildman–Crippen LogP) is 4.60. The SMILES string of the molecule is CCCCC(CC)CNc1nc(NCCOC)c(N=Nc2nc(C#N)c(C#N)n2CC)c(NCCOC)n1. The first-order chi connectivity index (χ1) is 18.6. The third kappa shape index (κ3) is 8.64. The quantitative estimate of drug-likeness (QED) is 0.184. The number of hydrogen-bond donors (Lipinski definition) is 3. The van der Waals surface area contributed by atoms with E-state index in [9.17, 15) is 10.5 Å². The maximum Gasteiger partial charge on any atom is 0.251 e.